The van der Waals surface area contributed by atoms with Gasteiger partial charge in [-0.2, -0.15) is 0 Å². The number of ketones is 1. The van der Waals surface area contributed by atoms with Crippen molar-refractivity contribution in [1.82, 2.24) is 4.90 Å². The molecule has 76 valence electrons. The van der Waals surface area contributed by atoms with Crippen LogP contribution in [0.25, 0.3) is 0 Å². The molecule has 0 amide bonds. The van der Waals surface area contributed by atoms with Crippen LogP contribution in [0.2, 0.25) is 0 Å². The molecule has 1 atom stereocenters. The normalized spacial score (nSPS) is 12.9. The highest BCUT2D eigenvalue weighted by Crippen LogP contribution is 2.19. The van der Waals surface area contributed by atoms with Gasteiger partial charge >= 0.3 is 0 Å². The van der Waals surface area contributed by atoms with Gasteiger partial charge in [-0.1, -0.05) is 37.3 Å². The zero-order valence-electron chi connectivity index (χ0n) is 9.03. The molecule has 0 bridgehead atoms. The number of hydrogen-bond acceptors (Lipinski definition) is 2. The summed E-state index contributed by atoms with van der Waals surface area (Å²) >= 11 is 0. The van der Waals surface area contributed by atoms with Crippen molar-refractivity contribution in [2.45, 2.75) is 19.9 Å². The zero-order chi connectivity index (χ0) is 10.6. The van der Waals surface area contributed by atoms with E-state index in [4.69, 9.17) is 0 Å². The van der Waals surface area contributed by atoms with Crippen molar-refractivity contribution in [3.8, 4) is 0 Å². The van der Waals surface area contributed by atoms with Gasteiger partial charge in [0.05, 0.1) is 6.04 Å². The second-order valence-electron chi connectivity index (χ2n) is 3.50. The Balaban J connectivity index is 2.95. The van der Waals surface area contributed by atoms with Crippen LogP contribution < -0.4 is 0 Å². The molecule has 0 saturated carbocycles. The Hall–Kier alpha value is -1.15. The van der Waals surface area contributed by atoms with Gasteiger partial charge in [0.15, 0.2) is 5.78 Å². The summed E-state index contributed by atoms with van der Waals surface area (Å²) in [6.07, 6.45) is 0. The first-order valence-corrected chi connectivity index (χ1v) is 4.92. The van der Waals surface area contributed by atoms with E-state index in [-0.39, 0.29) is 11.8 Å². The molecule has 0 radical (unpaired) electrons. The number of benzene rings is 1. The lowest BCUT2D eigenvalue weighted by Crippen LogP contribution is -2.29. The lowest BCUT2D eigenvalue weighted by Gasteiger charge is -2.24. The molecule has 0 heterocycles. The van der Waals surface area contributed by atoms with E-state index in [1.165, 1.54) is 0 Å². The lowest BCUT2D eigenvalue weighted by molar-refractivity contribution is -0.121. The van der Waals surface area contributed by atoms with Gasteiger partial charge in [0.25, 0.3) is 0 Å². The number of nitrogens with zero attached hydrogens (tertiary/aromatic N) is 1. The van der Waals surface area contributed by atoms with E-state index in [0.717, 1.165) is 12.1 Å². The van der Waals surface area contributed by atoms with Gasteiger partial charge < -0.3 is 0 Å². The van der Waals surface area contributed by atoms with Crippen LogP contribution in [-0.4, -0.2) is 24.3 Å². The molecule has 1 rings (SSSR count). The quantitative estimate of drug-likeness (QED) is 0.727. The topological polar surface area (TPSA) is 20.3 Å². The van der Waals surface area contributed by atoms with Gasteiger partial charge in [-0.05, 0) is 26.1 Å². The molecule has 0 saturated heterocycles. The first-order chi connectivity index (χ1) is 6.66. The Kier molecular flexibility index (Phi) is 3.84. The highest BCUT2D eigenvalue weighted by molar-refractivity contribution is 5.82. The van der Waals surface area contributed by atoms with Gasteiger partial charge in [0, 0.05) is 0 Å². The molecule has 0 aliphatic rings. The molecule has 0 fully saturated rings. The number of Topliss-reactive ketones (excluding diaryl/α,β-unsaturated/α-hetero) is 1. The van der Waals surface area contributed by atoms with Crippen molar-refractivity contribution in [3.05, 3.63) is 35.9 Å². The molecular weight excluding hydrogens is 174 g/mol. The maximum Gasteiger partial charge on any atom is 0.151 e. The summed E-state index contributed by atoms with van der Waals surface area (Å²) in [5, 5.41) is 0. The fourth-order valence-electron chi connectivity index (χ4n) is 1.62. The predicted molar refractivity (Wildman–Crippen MR) is 58.2 cm³/mol. The van der Waals surface area contributed by atoms with E-state index in [2.05, 4.69) is 11.8 Å². The summed E-state index contributed by atoms with van der Waals surface area (Å²) in [6.45, 7) is 4.57. The monoisotopic (exact) mass is 191 g/mol. The fraction of sp³-hybridized carbons (Fsp3) is 0.417. The lowest BCUT2D eigenvalue weighted by atomic mass is 10.0. The number of rotatable bonds is 4. The fourth-order valence-corrected chi connectivity index (χ4v) is 1.62. The van der Waals surface area contributed by atoms with Crippen molar-refractivity contribution in [3.63, 3.8) is 0 Å². The molecule has 1 unspecified atom stereocenters. The van der Waals surface area contributed by atoms with Crippen LogP contribution in [0, 0.1) is 0 Å². The standard InChI is InChI=1S/C12H17NO/c1-4-13(3)12(10(2)14)11-8-6-5-7-9-11/h5-9,12H,4H2,1-3H3. The maximum atomic E-state index is 11.5. The van der Waals surface area contributed by atoms with Crippen molar-refractivity contribution in [1.29, 1.82) is 0 Å². The van der Waals surface area contributed by atoms with Crippen LogP contribution in [0.15, 0.2) is 30.3 Å². The minimum atomic E-state index is -0.0961. The van der Waals surface area contributed by atoms with Crippen LogP contribution in [0.1, 0.15) is 25.5 Å². The molecule has 0 spiro atoms. The molecule has 2 nitrogen and oxygen atoms in total. The molecular formula is C12H17NO. The van der Waals surface area contributed by atoms with Gasteiger partial charge in [0.1, 0.15) is 0 Å². The third-order valence-corrected chi connectivity index (χ3v) is 2.44. The van der Waals surface area contributed by atoms with E-state index < -0.39 is 0 Å². The van der Waals surface area contributed by atoms with E-state index >= 15 is 0 Å². The Bertz CT molecular complexity index is 294. The average Bonchev–Trinajstić information content (AvgIpc) is 2.19. The summed E-state index contributed by atoms with van der Waals surface area (Å²) in [5.41, 5.74) is 1.07. The Labute approximate surface area is 85.5 Å². The number of carbonyl (C=O) groups excluding carboxylic acids is 1. The van der Waals surface area contributed by atoms with E-state index in [1.54, 1.807) is 6.92 Å². The van der Waals surface area contributed by atoms with E-state index in [1.807, 2.05) is 37.4 Å². The first-order valence-electron chi connectivity index (χ1n) is 4.92. The molecule has 14 heavy (non-hydrogen) atoms. The minimum Gasteiger partial charge on any atom is -0.298 e. The first kappa shape index (κ1) is 10.9. The van der Waals surface area contributed by atoms with Crippen LogP contribution in [-0.2, 0) is 4.79 Å². The zero-order valence-corrected chi connectivity index (χ0v) is 9.03. The smallest absolute Gasteiger partial charge is 0.151 e. The van der Waals surface area contributed by atoms with Crippen molar-refractivity contribution in [2.75, 3.05) is 13.6 Å². The summed E-state index contributed by atoms with van der Waals surface area (Å²) in [7, 11) is 1.97. The minimum absolute atomic E-state index is 0.0961. The molecule has 0 aliphatic carbocycles. The number of hydrogen-bond donors (Lipinski definition) is 0. The van der Waals surface area contributed by atoms with Gasteiger partial charge in [0.2, 0.25) is 0 Å². The predicted octanol–water partition coefficient (Wildman–Crippen LogP) is 2.27. The summed E-state index contributed by atoms with van der Waals surface area (Å²) in [4.78, 5) is 13.6. The second kappa shape index (κ2) is 4.91. The molecule has 1 aromatic rings. The molecule has 2 heteroatoms. The van der Waals surface area contributed by atoms with Crippen molar-refractivity contribution < 1.29 is 4.79 Å². The highest BCUT2D eigenvalue weighted by atomic mass is 16.1. The van der Waals surface area contributed by atoms with Crippen LogP contribution in [0.5, 0.6) is 0 Å². The summed E-state index contributed by atoms with van der Waals surface area (Å²) in [5.74, 6) is 0.195. The number of likely N-dealkylation sites (N-methyl/N-ethyl adjacent to an activating group) is 1. The van der Waals surface area contributed by atoms with Gasteiger partial charge in [-0.15, -0.1) is 0 Å². The molecule has 1 aromatic carbocycles. The Morgan fingerprint density at radius 3 is 2.36 bits per heavy atom. The van der Waals surface area contributed by atoms with Crippen molar-refractivity contribution in [2.24, 2.45) is 0 Å². The van der Waals surface area contributed by atoms with Crippen LogP contribution >= 0.6 is 0 Å². The van der Waals surface area contributed by atoms with Crippen LogP contribution in [0.4, 0.5) is 0 Å². The van der Waals surface area contributed by atoms with Gasteiger partial charge in [-0.3, -0.25) is 9.69 Å². The number of carbonyl (C=O) groups is 1. The van der Waals surface area contributed by atoms with Crippen LogP contribution in [0.3, 0.4) is 0 Å². The van der Waals surface area contributed by atoms with E-state index in [9.17, 15) is 4.79 Å². The second-order valence-corrected chi connectivity index (χ2v) is 3.50. The Morgan fingerprint density at radius 2 is 1.93 bits per heavy atom. The third kappa shape index (κ3) is 2.42. The largest absolute Gasteiger partial charge is 0.298 e. The molecule has 0 aromatic heterocycles. The molecule has 0 N–H and O–H groups in total. The average molecular weight is 191 g/mol. The third-order valence-electron chi connectivity index (χ3n) is 2.44. The Morgan fingerprint density at radius 1 is 1.36 bits per heavy atom. The maximum absolute atomic E-state index is 11.5. The summed E-state index contributed by atoms with van der Waals surface area (Å²) < 4.78 is 0. The van der Waals surface area contributed by atoms with Crippen molar-refractivity contribution >= 4 is 5.78 Å². The SMILES string of the molecule is CCN(C)C(C(C)=O)c1ccccc1. The molecule has 0 aliphatic heterocycles. The highest BCUT2D eigenvalue weighted by Gasteiger charge is 2.19. The van der Waals surface area contributed by atoms with E-state index in [0.29, 0.717) is 0 Å². The van der Waals surface area contributed by atoms with Gasteiger partial charge in [-0.25, -0.2) is 0 Å². The summed E-state index contributed by atoms with van der Waals surface area (Å²) in [6, 6.07) is 9.80.